The van der Waals surface area contributed by atoms with Gasteiger partial charge in [-0.3, -0.25) is 9.69 Å². The van der Waals surface area contributed by atoms with Gasteiger partial charge in [0.2, 0.25) is 0 Å². The fourth-order valence-corrected chi connectivity index (χ4v) is 2.44. The van der Waals surface area contributed by atoms with Crippen LogP contribution in [0.2, 0.25) is 0 Å². The number of ether oxygens (including phenoxy) is 1. The summed E-state index contributed by atoms with van der Waals surface area (Å²) in [6.45, 7) is 3.75. The molecular formula is C15H20N2O4. The van der Waals surface area contributed by atoms with Crippen molar-refractivity contribution in [3.63, 3.8) is 0 Å². The number of hydrogen-bond donors (Lipinski definition) is 1. The number of amides is 1. The van der Waals surface area contributed by atoms with E-state index < -0.39 is 5.97 Å². The molecule has 1 aromatic rings. The fraction of sp³-hybridized carbons (Fsp3) is 0.467. The van der Waals surface area contributed by atoms with Crippen molar-refractivity contribution < 1.29 is 19.4 Å². The van der Waals surface area contributed by atoms with Gasteiger partial charge >= 0.3 is 12.1 Å². The summed E-state index contributed by atoms with van der Waals surface area (Å²) in [7, 11) is 0. The van der Waals surface area contributed by atoms with Crippen LogP contribution in [-0.4, -0.2) is 59.2 Å². The van der Waals surface area contributed by atoms with Crippen LogP contribution < -0.4 is 0 Å². The van der Waals surface area contributed by atoms with E-state index in [1.54, 1.807) is 4.90 Å². The Morgan fingerprint density at radius 2 is 2.00 bits per heavy atom. The second kappa shape index (κ2) is 7.08. The number of aliphatic carboxylic acids is 1. The van der Waals surface area contributed by atoms with Crippen LogP contribution in [-0.2, 0) is 16.1 Å². The number of carbonyl (C=O) groups excluding carboxylic acids is 1. The molecule has 114 valence electrons. The van der Waals surface area contributed by atoms with Crippen LogP contribution in [0.4, 0.5) is 4.79 Å². The molecule has 6 heteroatoms. The number of hydrogen-bond acceptors (Lipinski definition) is 4. The third-order valence-corrected chi connectivity index (χ3v) is 3.51. The summed E-state index contributed by atoms with van der Waals surface area (Å²) in [4.78, 5) is 26.3. The Morgan fingerprint density at radius 3 is 2.62 bits per heavy atom. The molecule has 1 unspecified atom stereocenters. The average Bonchev–Trinajstić information content (AvgIpc) is 2.45. The third kappa shape index (κ3) is 4.46. The second-order valence-corrected chi connectivity index (χ2v) is 5.21. The highest BCUT2D eigenvalue weighted by molar-refractivity contribution is 5.70. The first-order chi connectivity index (χ1) is 10.1. The molecule has 1 atom stereocenters. The Bertz CT molecular complexity index is 492. The number of benzene rings is 1. The zero-order valence-electron chi connectivity index (χ0n) is 12.1. The minimum absolute atomic E-state index is 0.0112. The van der Waals surface area contributed by atoms with E-state index >= 15 is 0 Å². The Kier molecular flexibility index (Phi) is 5.16. The fourth-order valence-electron chi connectivity index (χ4n) is 2.44. The highest BCUT2D eigenvalue weighted by atomic mass is 16.6. The summed E-state index contributed by atoms with van der Waals surface area (Å²) >= 11 is 0. The number of carboxylic acid groups (broad SMARTS) is 1. The van der Waals surface area contributed by atoms with Gasteiger partial charge in [0.15, 0.2) is 0 Å². The van der Waals surface area contributed by atoms with Gasteiger partial charge in [0.1, 0.15) is 6.61 Å². The Labute approximate surface area is 123 Å². The number of piperazine rings is 1. The SMILES string of the molecule is CC1CN(CC(=O)O)CCN1C(=O)OCc1ccccc1. The molecule has 1 N–H and O–H groups in total. The molecule has 6 nitrogen and oxygen atoms in total. The lowest BCUT2D eigenvalue weighted by Gasteiger charge is -2.38. The first-order valence-corrected chi connectivity index (χ1v) is 6.97. The van der Waals surface area contributed by atoms with Crippen molar-refractivity contribution in [2.45, 2.75) is 19.6 Å². The molecule has 2 rings (SSSR count). The molecule has 0 radical (unpaired) electrons. The first kappa shape index (κ1) is 15.3. The summed E-state index contributed by atoms with van der Waals surface area (Å²) in [6.07, 6.45) is -0.346. The van der Waals surface area contributed by atoms with Crippen LogP contribution in [0.1, 0.15) is 12.5 Å². The third-order valence-electron chi connectivity index (χ3n) is 3.51. The van der Waals surface area contributed by atoms with Crippen molar-refractivity contribution in [2.75, 3.05) is 26.2 Å². The summed E-state index contributed by atoms with van der Waals surface area (Å²) in [5, 5.41) is 8.79. The molecule has 0 aliphatic carbocycles. The van der Waals surface area contributed by atoms with Gasteiger partial charge in [0, 0.05) is 25.7 Å². The molecule has 1 aromatic carbocycles. The zero-order chi connectivity index (χ0) is 15.2. The second-order valence-electron chi connectivity index (χ2n) is 5.21. The van der Waals surface area contributed by atoms with Crippen LogP contribution >= 0.6 is 0 Å². The van der Waals surface area contributed by atoms with E-state index in [-0.39, 0.29) is 25.3 Å². The van der Waals surface area contributed by atoms with Gasteiger partial charge in [0.25, 0.3) is 0 Å². The quantitative estimate of drug-likeness (QED) is 0.908. The monoisotopic (exact) mass is 292 g/mol. The maximum atomic E-state index is 12.1. The molecule has 1 amide bonds. The van der Waals surface area contributed by atoms with E-state index in [4.69, 9.17) is 9.84 Å². The molecule has 1 aliphatic rings. The van der Waals surface area contributed by atoms with Crippen LogP contribution in [0.25, 0.3) is 0 Å². The normalized spacial score (nSPS) is 19.3. The summed E-state index contributed by atoms with van der Waals surface area (Å²) in [5.41, 5.74) is 0.947. The Hall–Kier alpha value is -2.08. The van der Waals surface area contributed by atoms with Crippen LogP contribution in [0, 0.1) is 0 Å². The number of carbonyl (C=O) groups is 2. The van der Waals surface area contributed by atoms with Gasteiger partial charge in [-0.1, -0.05) is 30.3 Å². The van der Waals surface area contributed by atoms with Crippen LogP contribution in [0.5, 0.6) is 0 Å². The molecule has 0 saturated carbocycles. The van der Waals surface area contributed by atoms with Crippen molar-refractivity contribution in [3.05, 3.63) is 35.9 Å². The van der Waals surface area contributed by atoms with E-state index in [0.29, 0.717) is 19.6 Å². The molecule has 1 fully saturated rings. The van der Waals surface area contributed by atoms with Gasteiger partial charge in [-0.05, 0) is 12.5 Å². The van der Waals surface area contributed by atoms with Crippen molar-refractivity contribution in [1.82, 2.24) is 9.80 Å². The lowest BCUT2D eigenvalue weighted by molar-refractivity contribution is -0.138. The van der Waals surface area contributed by atoms with Gasteiger partial charge in [-0.2, -0.15) is 0 Å². The van der Waals surface area contributed by atoms with E-state index in [1.165, 1.54) is 0 Å². The topological polar surface area (TPSA) is 70.1 Å². The predicted octanol–water partition coefficient (Wildman–Crippen LogP) is 1.41. The number of carboxylic acids is 1. The van der Waals surface area contributed by atoms with Crippen LogP contribution in [0.3, 0.4) is 0 Å². The molecule has 1 heterocycles. The molecule has 21 heavy (non-hydrogen) atoms. The van der Waals surface area contributed by atoms with Crippen molar-refractivity contribution in [1.29, 1.82) is 0 Å². The van der Waals surface area contributed by atoms with E-state index in [9.17, 15) is 9.59 Å². The molecule has 1 aliphatic heterocycles. The van der Waals surface area contributed by atoms with Crippen LogP contribution in [0.15, 0.2) is 30.3 Å². The lowest BCUT2D eigenvalue weighted by atomic mass is 10.2. The Morgan fingerprint density at radius 1 is 1.29 bits per heavy atom. The minimum Gasteiger partial charge on any atom is -0.480 e. The van der Waals surface area contributed by atoms with E-state index in [1.807, 2.05) is 42.2 Å². The molecule has 0 bridgehead atoms. The maximum absolute atomic E-state index is 12.1. The molecule has 0 spiro atoms. The molecule has 1 saturated heterocycles. The standard InChI is InChI=1S/C15H20N2O4/c1-12-9-16(10-14(18)19)7-8-17(12)15(20)21-11-13-5-3-2-4-6-13/h2-6,12H,7-11H2,1H3,(H,18,19). The van der Waals surface area contributed by atoms with Gasteiger partial charge in [-0.25, -0.2) is 4.79 Å². The highest BCUT2D eigenvalue weighted by Gasteiger charge is 2.29. The predicted molar refractivity (Wildman–Crippen MR) is 76.9 cm³/mol. The van der Waals surface area contributed by atoms with Gasteiger partial charge in [-0.15, -0.1) is 0 Å². The first-order valence-electron chi connectivity index (χ1n) is 6.97. The van der Waals surface area contributed by atoms with Crippen molar-refractivity contribution in [2.24, 2.45) is 0 Å². The zero-order valence-corrected chi connectivity index (χ0v) is 12.1. The van der Waals surface area contributed by atoms with Gasteiger partial charge in [0.05, 0.1) is 6.54 Å². The van der Waals surface area contributed by atoms with Crippen molar-refractivity contribution in [3.8, 4) is 0 Å². The number of nitrogens with zero attached hydrogens (tertiary/aromatic N) is 2. The summed E-state index contributed by atoms with van der Waals surface area (Å²) in [6, 6.07) is 9.46. The maximum Gasteiger partial charge on any atom is 0.410 e. The average molecular weight is 292 g/mol. The smallest absolute Gasteiger partial charge is 0.410 e. The lowest BCUT2D eigenvalue weighted by Crippen LogP contribution is -2.54. The highest BCUT2D eigenvalue weighted by Crippen LogP contribution is 2.12. The van der Waals surface area contributed by atoms with Crippen molar-refractivity contribution >= 4 is 12.1 Å². The van der Waals surface area contributed by atoms with Gasteiger partial charge < -0.3 is 14.7 Å². The van der Waals surface area contributed by atoms with E-state index in [0.717, 1.165) is 5.56 Å². The minimum atomic E-state index is -0.845. The summed E-state index contributed by atoms with van der Waals surface area (Å²) < 4.78 is 5.31. The number of rotatable bonds is 4. The molecule has 0 aromatic heterocycles. The largest absolute Gasteiger partial charge is 0.480 e. The Balaban J connectivity index is 1.82. The summed E-state index contributed by atoms with van der Waals surface area (Å²) in [5.74, 6) is -0.845. The molecular weight excluding hydrogens is 272 g/mol. The van der Waals surface area contributed by atoms with E-state index in [2.05, 4.69) is 0 Å².